The summed E-state index contributed by atoms with van der Waals surface area (Å²) in [7, 11) is 1.67. The summed E-state index contributed by atoms with van der Waals surface area (Å²) in [5.74, 6) is 0.559. The third-order valence-electron chi connectivity index (χ3n) is 4.96. The van der Waals surface area contributed by atoms with Crippen molar-refractivity contribution in [1.82, 2.24) is 4.90 Å². The Morgan fingerprint density at radius 1 is 1.07 bits per heavy atom. The van der Waals surface area contributed by atoms with Crippen molar-refractivity contribution < 1.29 is 18.9 Å². The first-order valence-electron chi connectivity index (χ1n) is 9.90. The van der Waals surface area contributed by atoms with Crippen molar-refractivity contribution in [3.05, 3.63) is 75.9 Å². The van der Waals surface area contributed by atoms with Crippen molar-refractivity contribution in [2.75, 3.05) is 25.5 Å². The molecule has 2 amide bonds. The molecule has 0 bridgehead atoms. The normalized spacial score (nSPS) is 11.8. The van der Waals surface area contributed by atoms with E-state index in [9.17, 15) is 9.59 Å². The molecule has 2 N–H and O–H groups in total. The number of aryl methyl sites for hydroxylation is 2. The highest BCUT2D eigenvalue weighted by molar-refractivity contribution is 7.09. The maximum atomic E-state index is 12.8. The van der Waals surface area contributed by atoms with Crippen LogP contribution in [0.5, 0.6) is 0 Å². The maximum Gasteiger partial charge on any atom is 0.277 e. The van der Waals surface area contributed by atoms with E-state index >= 15 is 0 Å². The Morgan fingerprint density at radius 2 is 1.83 bits per heavy atom. The smallest absolute Gasteiger partial charge is 0.277 e. The number of nitrogens with zero attached hydrogens (tertiary/aromatic N) is 1. The number of carbonyl (C=O) groups excluding carboxylic acids is 2. The molecule has 3 aromatic rings. The molecule has 1 unspecified atom stereocenters. The molecule has 2 heterocycles. The van der Waals surface area contributed by atoms with Gasteiger partial charge in [0, 0.05) is 12.7 Å². The Labute approximate surface area is 181 Å². The van der Waals surface area contributed by atoms with Gasteiger partial charge in [-0.05, 0) is 48.6 Å². The maximum absolute atomic E-state index is 12.8. The Balaban J connectivity index is 1.59. The molecule has 30 heavy (non-hydrogen) atoms. The van der Waals surface area contributed by atoms with Gasteiger partial charge in [-0.3, -0.25) is 9.59 Å². The molecule has 1 aromatic carbocycles. The van der Waals surface area contributed by atoms with Crippen molar-refractivity contribution in [2.24, 2.45) is 0 Å². The molecule has 3 rings (SSSR count). The van der Waals surface area contributed by atoms with Crippen LogP contribution in [0.25, 0.3) is 0 Å². The predicted molar refractivity (Wildman–Crippen MR) is 118 cm³/mol. The lowest BCUT2D eigenvalue weighted by Gasteiger charge is -2.22. The second kappa shape index (κ2) is 10.2. The first kappa shape index (κ1) is 21.8. The third-order valence-corrected chi connectivity index (χ3v) is 5.84. The van der Waals surface area contributed by atoms with E-state index in [0.717, 1.165) is 34.0 Å². The van der Waals surface area contributed by atoms with Crippen LogP contribution in [0, 0.1) is 13.8 Å². The Bertz CT molecular complexity index is 911. The fourth-order valence-corrected chi connectivity index (χ4v) is 4.13. The van der Waals surface area contributed by atoms with E-state index in [0.29, 0.717) is 6.54 Å². The number of likely N-dealkylation sites (N-methyl/N-ethyl adjacent to an activating group) is 1. The zero-order chi connectivity index (χ0) is 21.5. The summed E-state index contributed by atoms with van der Waals surface area (Å²) in [6.07, 6.45) is 1.64. The minimum atomic E-state index is -0.200. The minimum absolute atomic E-state index is 0.0135. The van der Waals surface area contributed by atoms with Crippen LogP contribution in [-0.2, 0) is 22.7 Å². The summed E-state index contributed by atoms with van der Waals surface area (Å²) < 4.78 is 5.47. The van der Waals surface area contributed by atoms with Gasteiger partial charge in [0.15, 0.2) is 12.3 Å². The molecule has 7 heteroatoms. The van der Waals surface area contributed by atoms with Gasteiger partial charge in [0.05, 0.1) is 17.7 Å². The topological polar surface area (TPSA) is 67.0 Å². The molecule has 158 valence electrons. The molecule has 0 radical (unpaired) electrons. The zero-order valence-electron chi connectivity index (χ0n) is 17.6. The Hall–Kier alpha value is -2.90. The summed E-state index contributed by atoms with van der Waals surface area (Å²) >= 11 is 1.67. The number of hydrogen-bond donors (Lipinski definition) is 2. The van der Waals surface area contributed by atoms with Crippen molar-refractivity contribution in [3.63, 3.8) is 0 Å². The summed E-state index contributed by atoms with van der Waals surface area (Å²) in [4.78, 5) is 29.1. The monoisotopic (exact) mass is 426 g/mol. The van der Waals surface area contributed by atoms with Crippen LogP contribution in [0.1, 0.15) is 21.8 Å². The van der Waals surface area contributed by atoms with Crippen molar-refractivity contribution >= 4 is 28.8 Å². The summed E-state index contributed by atoms with van der Waals surface area (Å²) in [6.45, 7) is 5.55. The molecule has 0 fully saturated rings. The number of thiophene rings is 1. The molecule has 2 aromatic heterocycles. The second-order valence-electron chi connectivity index (χ2n) is 7.50. The minimum Gasteiger partial charge on any atom is -0.463 e. The summed E-state index contributed by atoms with van der Waals surface area (Å²) in [5.41, 5.74) is 2.82. The van der Waals surface area contributed by atoms with Crippen molar-refractivity contribution in [1.29, 1.82) is 0 Å². The van der Waals surface area contributed by atoms with E-state index in [2.05, 4.69) is 11.4 Å². The van der Waals surface area contributed by atoms with E-state index in [1.807, 2.05) is 55.6 Å². The molecule has 0 aliphatic heterocycles. The number of hydrogen-bond acceptors (Lipinski definition) is 4. The summed E-state index contributed by atoms with van der Waals surface area (Å²) in [5, 5.41) is 4.97. The molecule has 0 saturated carbocycles. The van der Waals surface area contributed by atoms with Crippen LogP contribution < -0.4 is 10.2 Å². The molecular weight excluding hydrogens is 398 g/mol. The van der Waals surface area contributed by atoms with Crippen LogP contribution in [0.2, 0.25) is 0 Å². The van der Waals surface area contributed by atoms with Crippen LogP contribution >= 0.6 is 11.3 Å². The van der Waals surface area contributed by atoms with Crippen LogP contribution in [0.3, 0.4) is 0 Å². The fourth-order valence-electron chi connectivity index (χ4n) is 3.35. The molecule has 0 spiro atoms. The molecule has 0 aliphatic carbocycles. The number of nitrogens with one attached hydrogen (secondary N) is 2. The first-order chi connectivity index (χ1) is 14.4. The number of benzene rings is 1. The van der Waals surface area contributed by atoms with Crippen LogP contribution in [0.15, 0.2) is 58.5 Å². The zero-order valence-corrected chi connectivity index (χ0v) is 18.4. The quantitative estimate of drug-likeness (QED) is 0.553. The number of amides is 2. The van der Waals surface area contributed by atoms with Gasteiger partial charge in [0.2, 0.25) is 5.91 Å². The van der Waals surface area contributed by atoms with E-state index in [1.165, 1.54) is 9.78 Å². The van der Waals surface area contributed by atoms with Gasteiger partial charge in [-0.1, -0.05) is 24.3 Å². The average Bonchev–Trinajstić information content (AvgIpc) is 3.39. The molecule has 1 atom stereocenters. The Kier molecular flexibility index (Phi) is 7.43. The fraction of sp³-hybridized carbons (Fsp3) is 0.304. The number of anilines is 1. The lowest BCUT2D eigenvalue weighted by atomic mass is 10.1. The Morgan fingerprint density at radius 3 is 2.47 bits per heavy atom. The van der Waals surface area contributed by atoms with E-state index in [-0.39, 0.29) is 24.9 Å². The number of carbonyl (C=O) groups is 2. The van der Waals surface area contributed by atoms with Gasteiger partial charge < -0.3 is 19.5 Å². The predicted octanol–water partition coefficient (Wildman–Crippen LogP) is 2.64. The lowest BCUT2D eigenvalue weighted by Crippen LogP contribution is -3.10. The van der Waals surface area contributed by atoms with Gasteiger partial charge in [-0.25, -0.2) is 0 Å². The number of para-hydroxylation sites is 1. The summed E-state index contributed by atoms with van der Waals surface area (Å²) in [6, 6.07) is 13.7. The van der Waals surface area contributed by atoms with Gasteiger partial charge in [0.25, 0.3) is 5.91 Å². The highest BCUT2D eigenvalue weighted by Crippen LogP contribution is 2.19. The average molecular weight is 427 g/mol. The van der Waals surface area contributed by atoms with Crippen LogP contribution in [0.4, 0.5) is 5.69 Å². The number of furan rings is 1. The SMILES string of the molecule is Cc1cccc(C)c1NC(=O)CN(C)C(=O)C[NH+](Cc1ccco1)Cc1cccs1. The van der Waals surface area contributed by atoms with Gasteiger partial charge in [-0.15, -0.1) is 11.3 Å². The lowest BCUT2D eigenvalue weighted by molar-refractivity contribution is -0.920. The van der Waals surface area contributed by atoms with Crippen molar-refractivity contribution in [2.45, 2.75) is 26.9 Å². The molecule has 6 nitrogen and oxygen atoms in total. The van der Waals surface area contributed by atoms with E-state index in [4.69, 9.17) is 4.42 Å². The number of rotatable bonds is 9. The molecule has 0 aliphatic rings. The second-order valence-corrected chi connectivity index (χ2v) is 8.54. The van der Waals surface area contributed by atoms with E-state index in [1.54, 1.807) is 24.6 Å². The van der Waals surface area contributed by atoms with Crippen molar-refractivity contribution in [3.8, 4) is 0 Å². The largest absolute Gasteiger partial charge is 0.463 e. The third kappa shape index (κ3) is 6.05. The van der Waals surface area contributed by atoms with Gasteiger partial charge in [-0.2, -0.15) is 0 Å². The van der Waals surface area contributed by atoms with Gasteiger partial charge >= 0.3 is 0 Å². The first-order valence-corrected chi connectivity index (χ1v) is 10.8. The molecular formula is C23H28N3O3S+. The molecule has 0 saturated heterocycles. The number of quaternary nitrogens is 1. The standard InChI is InChI=1S/C23H27N3O3S/c1-17-7-4-8-18(2)23(17)24-21(27)15-25(3)22(28)16-26(13-19-9-5-11-29-19)14-20-10-6-12-30-20/h4-12H,13-16H2,1-3H3,(H,24,27)/p+1. The highest BCUT2D eigenvalue weighted by Gasteiger charge is 2.22. The van der Waals surface area contributed by atoms with Gasteiger partial charge in [0.1, 0.15) is 13.1 Å². The van der Waals surface area contributed by atoms with Crippen LogP contribution in [-0.4, -0.2) is 36.9 Å². The van der Waals surface area contributed by atoms with E-state index < -0.39 is 0 Å². The highest BCUT2D eigenvalue weighted by atomic mass is 32.1.